The topological polar surface area (TPSA) is 356 Å². The molecule has 250 valence electrons. The molecule has 0 amide bonds. The van der Waals surface area contributed by atoms with Crippen molar-refractivity contribution in [3.63, 3.8) is 0 Å². The molecule has 5 aromatic rings. The van der Waals surface area contributed by atoms with Gasteiger partial charge in [-0.15, -0.1) is 5.10 Å². The minimum atomic E-state index is -4.97. The lowest BCUT2D eigenvalue weighted by Crippen LogP contribution is -2.32. The molecule has 2 saturated heterocycles. The first-order valence-electron chi connectivity index (χ1n) is 13.7. The van der Waals surface area contributed by atoms with Gasteiger partial charge in [-0.2, -0.15) is 9.97 Å². The number of nitrogen functional groups attached to an aromatic ring is 2. The number of aromatic nitrogens is 11. The molecule has 0 saturated carbocycles. The number of phosphoric ester groups is 1. The van der Waals surface area contributed by atoms with E-state index < -0.39 is 74.6 Å². The maximum atomic E-state index is 12.3. The number of rotatable bonds is 8. The van der Waals surface area contributed by atoms with E-state index in [9.17, 15) is 39.3 Å². The monoisotopic (exact) mass is 679 g/mol. The van der Waals surface area contributed by atoms with E-state index in [1.54, 1.807) is 0 Å². The van der Waals surface area contributed by atoms with E-state index in [0.29, 0.717) is 0 Å². The molecule has 0 radical (unpaired) electrons. The second-order valence-electron chi connectivity index (χ2n) is 10.8. The Morgan fingerprint density at radius 3 is 2.00 bits per heavy atom. The summed E-state index contributed by atoms with van der Waals surface area (Å²) < 4.78 is 31.7. The zero-order valence-corrected chi connectivity index (χ0v) is 24.5. The van der Waals surface area contributed by atoms with Crippen molar-refractivity contribution < 1.29 is 43.7 Å². The van der Waals surface area contributed by atoms with Crippen molar-refractivity contribution in [1.29, 1.82) is 0 Å². The van der Waals surface area contributed by atoms with E-state index in [1.807, 2.05) is 0 Å². The number of nitrogens with one attached hydrogen (secondary N) is 2. The van der Waals surface area contributed by atoms with E-state index in [1.165, 1.54) is 32.7 Å². The lowest BCUT2D eigenvalue weighted by molar-refractivity contribution is -0.0486. The van der Waals surface area contributed by atoms with Crippen LogP contribution in [0.2, 0.25) is 0 Å². The number of hydrogen-bond donors (Lipinski definition) is 9. The van der Waals surface area contributed by atoms with Gasteiger partial charge in [-0.1, -0.05) is 5.21 Å². The molecule has 2 aliphatic heterocycles. The molecule has 7 rings (SSSR count). The maximum Gasteiger partial charge on any atom is 0.469 e. The molecule has 25 heteroatoms. The Morgan fingerprint density at radius 2 is 1.43 bits per heavy atom. The highest BCUT2D eigenvalue weighted by Crippen LogP contribution is 2.42. The molecule has 5 aromatic heterocycles. The van der Waals surface area contributed by atoms with Crippen LogP contribution in [0.25, 0.3) is 22.3 Å². The first kappa shape index (κ1) is 31.0. The Balaban J connectivity index is 1.14. The lowest BCUT2D eigenvalue weighted by Gasteiger charge is -2.20. The van der Waals surface area contributed by atoms with Crippen LogP contribution >= 0.6 is 7.82 Å². The molecule has 0 bridgehead atoms. The minimum absolute atomic E-state index is 0.0237. The normalized spacial score (nSPS) is 28.2. The highest BCUT2D eigenvalue weighted by Gasteiger charge is 2.49. The number of H-pyrrole nitrogens is 2. The Kier molecular flexibility index (Phi) is 7.42. The second-order valence-corrected chi connectivity index (χ2v) is 12.1. The van der Waals surface area contributed by atoms with E-state index in [0.717, 1.165) is 0 Å². The predicted octanol–water partition coefficient (Wildman–Crippen LogP) is -4.22. The van der Waals surface area contributed by atoms with Crippen LogP contribution in [0.4, 0.5) is 11.9 Å². The summed E-state index contributed by atoms with van der Waals surface area (Å²) in [6, 6.07) is -1.16. The van der Waals surface area contributed by atoms with Crippen molar-refractivity contribution in [2.75, 3.05) is 18.1 Å². The standard InChI is InChI=1S/C22H26N13O11P/c23-21-27-15-9(17(39)29-21)25-4-33(15)19-13(37)11(8(46-19)3-44-47(41,42)43)35-2-6(31-32-35)1-7-12(36)14(38)20(45-7)34-5-26-10-16(34)28-22(24)30-18(10)40/h2,4-5,7-8,11-14,19-20,36-38H,1,3H2,(H2,41,42,43)(H3,23,27,29,39)(H3,24,28,30,40)/t7-,8-,11-,12-,13-,14-,19-,20-/m1/s1. The van der Waals surface area contributed by atoms with Gasteiger partial charge in [-0.3, -0.25) is 33.2 Å². The summed E-state index contributed by atoms with van der Waals surface area (Å²) >= 11 is 0. The average molecular weight is 680 g/mol. The summed E-state index contributed by atoms with van der Waals surface area (Å²) in [5.41, 5.74) is 10.1. The van der Waals surface area contributed by atoms with Crippen LogP contribution in [0.15, 0.2) is 28.4 Å². The molecule has 0 spiro atoms. The van der Waals surface area contributed by atoms with Gasteiger partial charge in [0, 0.05) is 12.6 Å². The van der Waals surface area contributed by atoms with Gasteiger partial charge < -0.3 is 46.0 Å². The van der Waals surface area contributed by atoms with Gasteiger partial charge in [-0.25, -0.2) is 19.2 Å². The second kappa shape index (κ2) is 11.3. The van der Waals surface area contributed by atoms with Crippen LogP contribution in [0.5, 0.6) is 0 Å². The van der Waals surface area contributed by atoms with Crippen LogP contribution < -0.4 is 22.6 Å². The first-order chi connectivity index (χ1) is 22.3. The molecule has 8 atom stereocenters. The number of hydrogen-bond acceptors (Lipinski definition) is 17. The number of aliphatic hydroxyl groups is 3. The number of aliphatic hydroxyl groups excluding tert-OH is 3. The summed E-state index contributed by atoms with van der Waals surface area (Å²) in [4.78, 5) is 63.8. The molecular weight excluding hydrogens is 653 g/mol. The van der Waals surface area contributed by atoms with Crippen LogP contribution in [0, 0.1) is 0 Å². The lowest BCUT2D eigenvalue weighted by atomic mass is 10.1. The van der Waals surface area contributed by atoms with Crippen molar-refractivity contribution >= 4 is 42.0 Å². The van der Waals surface area contributed by atoms with E-state index >= 15 is 0 Å². The Bertz CT molecular complexity index is 2140. The summed E-state index contributed by atoms with van der Waals surface area (Å²) in [5, 5.41) is 41.1. The molecule has 0 aromatic carbocycles. The largest absolute Gasteiger partial charge is 0.469 e. The van der Waals surface area contributed by atoms with Crippen molar-refractivity contribution in [3.05, 3.63) is 45.3 Å². The molecule has 24 nitrogen and oxygen atoms in total. The van der Waals surface area contributed by atoms with Gasteiger partial charge in [0.15, 0.2) is 34.8 Å². The van der Waals surface area contributed by atoms with Crippen molar-refractivity contribution in [2.24, 2.45) is 0 Å². The number of fused-ring (bicyclic) bond motifs is 2. The Labute approximate surface area is 258 Å². The molecule has 2 fully saturated rings. The van der Waals surface area contributed by atoms with Crippen molar-refractivity contribution in [3.8, 4) is 0 Å². The molecule has 2 aliphatic rings. The smallest absolute Gasteiger partial charge is 0.388 e. The van der Waals surface area contributed by atoms with Crippen molar-refractivity contribution in [1.82, 2.24) is 54.0 Å². The molecule has 11 N–H and O–H groups in total. The third kappa shape index (κ3) is 5.45. The maximum absolute atomic E-state index is 12.3. The number of anilines is 2. The SMILES string of the molecule is Nc1nc2c(ncn2[C@@H]2O[C@H](Cc3cn([C@H]4[C@@H](O)[C@H](n5cnc6c(=O)[nH]c(N)nc65)O[C@@H]4COP(=O)(O)O)nn3)[C@@H](O)[C@H]2O)c(=O)[nH]1. The van der Waals surface area contributed by atoms with Crippen LogP contribution in [-0.2, 0) is 25.0 Å². The third-order valence-electron chi connectivity index (χ3n) is 7.80. The molecule has 0 unspecified atom stereocenters. The first-order valence-corrected chi connectivity index (χ1v) is 15.2. The number of ether oxygens (including phenoxy) is 2. The number of nitrogens with two attached hydrogens (primary N) is 2. The zero-order chi connectivity index (χ0) is 33.4. The molecule has 0 aliphatic carbocycles. The number of aromatic amines is 2. The number of imidazole rings is 2. The summed E-state index contributed by atoms with van der Waals surface area (Å²) in [5.74, 6) is -0.417. The minimum Gasteiger partial charge on any atom is -0.388 e. The van der Waals surface area contributed by atoms with Gasteiger partial charge in [-0.05, 0) is 0 Å². The van der Waals surface area contributed by atoms with Crippen LogP contribution in [0.1, 0.15) is 24.2 Å². The van der Waals surface area contributed by atoms with Gasteiger partial charge in [0.2, 0.25) is 11.9 Å². The summed E-state index contributed by atoms with van der Waals surface area (Å²) in [7, 11) is -4.97. The fourth-order valence-corrected chi connectivity index (χ4v) is 6.08. The average Bonchev–Trinajstić information content (AvgIpc) is 3.81. The highest BCUT2D eigenvalue weighted by atomic mass is 31.2. The summed E-state index contributed by atoms with van der Waals surface area (Å²) in [6.45, 7) is -0.695. The van der Waals surface area contributed by atoms with Gasteiger partial charge >= 0.3 is 7.82 Å². The van der Waals surface area contributed by atoms with E-state index in [-0.39, 0.29) is 46.3 Å². The van der Waals surface area contributed by atoms with Gasteiger partial charge in [0.1, 0.15) is 30.5 Å². The molecule has 7 heterocycles. The van der Waals surface area contributed by atoms with Crippen LogP contribution in [0.3, 0.4) is 0 Å². The van der Waals surface area contributed by atoms with Crippen molar-refractivity contribution in [2.45, 2.75) is 55.4 Å². The Hall–Kier alpha value is -4.65. The van der Waals surface area contributed by atoms with Gasteiger partial charge in [0.05, 0.1) is 31.1 Å². The predicted molar refractivity (Wildman–Crippen MR) is 152 cm³/mol. The highest BCUT2D eigenvalue weighted by molar-refractivity contribution is 7.46. The molecule has 47 heavy (non-hydrogen) atoms. The summed E-state index contributed by atoms with van der Waals surface area (Å²) in [6.07, 6.45) is -5.52. The molecular formula is C22H26N13O11P. The number of phosphoric acid groups is 1. The quantitative estimate of drug-likeness (QED) is 0.0701. The zero-order valence-electron chi connectivity index (χ0n) is 23.6. The third-order valence-corrected chi connectivity index (χ3v) is 8.29. The Morgan fingerprint density at radius 1 is 0.872 bits per heavy atom. The van der Waals surface area contributed by atoms with E-state index in [4.69, 9.17) is 20.9 Å². The fraction of sp³-hybridized carbons (Fsp3) is 0.455. The van der Waals surface area contributed by atoms with Crippen LogP contribution in [-0.4, -0.2) is 116 Å². The van der Waals surface area contributed by atoms with E-state index in [2.05, 4.69) is 44.7 Å². The fourth-order valence-electron chi connectivity index (χ4n) is 5.74. The number of nitrogens with zero attached hydrogens (tertiary/aromatic N) is 9. The van der Waals surface area contributed by atoms with Gasteiger partial charge in [0.25, 0.3) is 11.1 Å².